The molecule has 1 aliphatic rings. The average molecular weight is 300 g/mol. The van der Waals surface area contributed by atoms with E-state index in [1.54, 1.807) is 0 Å². The highest BCUT2D eigenvalue weighted by Crippen LogP contribution is 2.23. The molecule has 0 spiro atoms. The summed E-state index contributed by atoms with van der Waals surface area (Å²) in [5, 5.41) is 12.0. The molecule has 1 aromatic carbocycles. The van der Waals surface area contributed by atoms with E-state index in [0.29, 0.717) is 13.0 Å². The summed E-state index contributed by atoms with van der Waals surface area (Å²) in [4.78, 5) is 13.9. The van der Waals surface area contributed by atoms with E-state index >= 15 is 0 Å². The lowest BCUT2D eigenvalue weighted by Crippen LogP contribution is -2.50. The number of nitrogens with two attached hydrogens (primary N) is 1. The Morgan fingerprint density at radius 2 is 2.25 bits per heavy atom. The van der Waals surface area contributed by atoms with Gasteiger partial charge in [0, 0.05) is 11.6 Å². The average Bonchev–Trinajstić information content (AvgIpc) is 2.48. The number of rotatable bonds is 2. The van der Waals surface area contributed by atoms with E-state index in [2.05, 4.69) is 5.16 Å². The van der Waals surface area contributed by atoms with Crippen LogP contribution in [0.25, 0.3) is 0 Å². The molecule has 1 atom stereocenters. The molecule has 1 aliphatic heterocycles. The van der Waals surface area contributed by atoms with Gasteiger partial charge in [-0.2, -0.15) is 0 Å². The van der Waals surface area contributed by atoms with Gasteiger partial charge in [-0.15, -0.1) is 0 Å². The topological polar surface area (TPSA) is 78.9 Å². The highest BCUT2D eigenvalue weighted by Gasteiger charge is 2.31. The number of carbonyl (C=O) groups is 1. The summed E-state index contributed by atoms with van der Waals surface area (Å²) < 4.78 is 13.8. The molecule has 0 aliphatic carbocycles. The number of hydrogen-bond donors (Lipinski definition) is 2. The van der Waals surface area contributed by atoms with Crippen molar-refractivity contribution in [2.45, 2.75) is 25.3 Å². The van der Waals surface area contributed by atoms with Crippen LogP contribution in [0.3, 0.4) is 0 Å². The Hall–Kier alpha value is -1.82. The van der Waals surface area contributed by atoms with Crippen molar-refractivity contribution in [3.05, 3.63) is 34.6 Å². The molecule has 108 valence electrons. The van der Waals surface area contributed by atoms with Crippen LogP contribution < -0.4 is 5.73 Å². The van der Waals surface area contributed by atoms with Crippen LogP contribution in [0.15, 0.2) is 23.4 Å². The maximum atomic E-state index is 13.8. The van der Waals surface area contributed by atoms with Crippen LogP contribution in [0.5, 0.6) is 0 Å². The van der Waals surface area contributed by atoms with E-state index in [0.717, 1.165) is 18.9 Å². The van der Waals surface area contributed by atoms with Gasteiger partial charge < -0.3 is 15.8 Å². The number of piperidine rings is 1. The number of likely N-dealkylation sites (tertiary alicyclic amines) is 1. The van der Waals surface area contributed by atoms with Crippen LogP contribution in [-0.4, -0.2) is 34.4 Å². The second kappa shape index (κ2) is 6.09. The smallest absolute Gasteiger partial charge is 0.257 e. The molecule has 0 radical (unpaired) electrons. The van der Waals surface area contributed by atoms with E-state index in [-0.39, 0.29) is 16.4 Å². The minimum absolute atomic E-state index is 0.0412. The summed E-state index contributed by atoms with van der Waals surface area (Å²) in [6, 6.07) is 3.31. The van der Waals surface area contributed by atoms with Crippen LogP contribution in [-0.2, 0) is 0 Å². The van der Waals surface area contributed by atoms with Gasteiger partial charge in [-0.05, 0) is 37.5 Å². The van der Waals surface area contributed by atoms with Crippen LogP contribution in [0, 0.1) is 5.82 Å². The third kappa shape index (κ3) is 2.85. The number of amides is 1. The van der Waals surface area contributed by atoms with Gasteiger partial charge in [0.1, 0.15) is 5.82 Å². The van der Waals surface area contributed by atoms with Gasteiger partial charge in [0.2, 0.25) is 0 Å². The minimum Gasteiger partial charge on any atom is -0.409 e. The van der Waals surface area contributed by atoms with Gasteiger partial charge in [0.25, 0.3) is 5.91 Å². The van der Waals surface area contributed by atoms with Crippen molar-refractivity contribution in [2.75, 3.05) is 6.54 Å². The lowest BCUT2D eigenvalue weighted by atomic mass is 10.00. The first-order chi connectivity index (χ1) is 9.54. The van der Waals surface area contributed by atoms with Crippen molar-refractivity contribution >= 4 is 23.3 Å². The van der Waals surface area contributed by atoms with E-state index in [4.69, 9.17) is 22.5 Å². The summed E-state index contributed by atoms with van der Waals surface area (Å²) in [5.41, 5.74) is 5.51. The Balaban J connectivity index is 2.32. The fraction of sp³-hybridized carbons (Fsp3) is 0.385. The third-order valence-corrected chi connectivity index (χ3v) is 3.61. The first-order valence-corrected chi connectivity index (χ1v) is 6.66. The Morgan fingerprint density at radius 1 is 1.50 bits per heavy atom. The quantitative estimate of drug-likeness (QED) is 0.380. The second-order valence-corrected chi connectivity index (χ2v) is 5.10. The predicted octanol–water partition coefficient (Wildman–Crippen LogP) is 2.22. The van der Waals surface area contributed by atoms with Gasteiger partial charge in [-0.1, -0.05) is 16.8 Å². The highest BCUT2D eigenvalue weighted by atomic mass is 35.5. The van der Waals surface area contributed by atoms with Gasteiger partial charge in [0.05, 0.1) is 11.6 Å². The molecule has 2 rings (SSSR count). The summed E-state index contributed by atoms with van der Waals surface area (Å²) in [5.74, 6) is -1.18. The molecular weight excluding hydrogens is 285 g/mol. The Bertz CT molecular complexity index is 550. The molecule has 1 aromatic rings. The molecule has 1 heterocycles. The molecule has 0 bridgehead atoms. The van der Waals surface area contributed by atoms with Crippen molar-refractivity contribution in [1.82, 2.24) is 4.90 Å². The molecule has 1 unspecified atom stereocenters. The standard InChI is InChI=1S/C13H15ClFN3O2/c14-8-4-5-10(15)9(7-8)13(19)18-6-2-1-3-11(18)12(16)17-20/h4-5,7,11,20H,1-3,6H2,(H2,16,17). The van der Waals surface area contributed by atoms with E-state index < -0.39 is 17.8 Å². The van der Waals surface area contributed by atoms with Crippen molar-refractivity contribution in [1.29, 1.82) is 0 Å². The first kappa shape index (κ1) is 14.6. The SMILES string of the molecule is NC(=NO)C1CCCCN1C(=O)c1cc(Cl)ccc1F. The third-order valence-electron chi connectivity index (χ3n) is 3.38. The van der Waals surface area contributed by atoms with Gasteiger partial charge >= 0.3 is 0 Å². The number of benzene rings is 1. The number of nitrogens with zero attached hydrogens (tertiary/aromatic N) is 2. The zero-order valence-electron chi connectivity index (χ0n) is 10.7. The zero-order chi connectivity index (χ0) is 14.7. The van der Waals surface area contributed by atoms with Gasteiger partial charge in [-0.3, -0.25) is 4.79 Å². The molecule has 20 heavy (non-hydrogen) atoms. The first-order valence-electron chi connectivity index (χ1n) is 6.28. The van der Waals surface area contributed by atoms with Crippen LogP contribution >= 0.6 is 11.6 Å². The molecule has 3 N–H and O–H groups in total. The molecule has 0 saturated carbocycles. The van der Waals surface area contributed by atoms with Crippen LogP contribution in [0.2, 0.25) is 5.02 Å². The molecule has 1 fully saturated rings. The Morgan fingerprint density at radius 3 is 2.95 bits per heavy atom. The maximum absolute atomic E-state index is 13.8. The summed E-state index contributed by atoms with van der Waals surface area (Å²) in [7, 11) is 0. The second-order valence-electron chi connectivity index (χ2n) is 4.66. The number of halogens is 2. The zero-order valence-corrected chi connectivity index (χ0v) is 11.5. The van der Waals surface area contributed by atoms with Crippen LogP contribution in [0.1, 0.15) is 29.6 Å². The summed E-state index contributed by atoms with van der Waals surface area (Å²) in [6.07, 6.45) is 2.25. The lowest BCUT2D eigenvalue weighted by molar-refractivity contribution is 0.0672. The highest BCUT2D eigenvalue weighted by molar-refractivity contribution is 6.31. The summed E-state index contributed by atoms with van der Waals surface area (Å²) in [6.45, 7) is 0.436. The monoisotopic (exact) mass is 299 g/mol. The largest absolute Gasteiger partial charge is 0.409 e. The Labute approximate surface area is 120 Å². The molecule has 1 saturated heterocycles. The van der Waals surface area contributed by atoms with E-state index in [9.17, 15) is 9.18 Å². The molecule has 5 nitrogen and oxygen atoms in total. The number of hydrogen-bond acceptors (Lipinski definition) is 3. The van der Waals surface area contributed by atoms with Gasteiger partial charge in [-0.25, -0.2) is 4.39 Å². The maximum Gasteiger partial charge on any atom is 0.257 e. The van der Waals surface area contributed by atoms with E-state index in [1.807, 2.05) is 0 Å². The number of carbonyl (C=O) groups excluding carboxylic acids is 1. The van der Waals surface area contributed by atoms with Crippen molar-refractivity contribution in [3.8, 4) is 0 Å². The van der Waals surface area contributed by atoms with Gasteiger partial charge in [0.15, 0.2) is 5.84 Å². The van der Waals surface area contributed by atoms with Crippen molar-refractivity contribution in [2.24, 2.45) is 10.9 Å². The fourth-order valence-electron chi connectivity index (χ4n) is 2.36. The number of oxime groups is 1. The normalized spacial score (nSPS) is 20.0. The Kier molecular flexibility index (Phi) is 4.44. The number of amidine groups is 1. The lowest BCUT2D eigenvalue weighted by Gasteiger charge is -2.34. The minimum atomic E-state index is -0.636. The molecule has 1 amide bonds. The van der Waals surface area contributed by atoms with Crippen LogP contribution in [0.4, 0.5) is 4.39 Å². The van der Waals surface area contributed by atoms with Crippen molar-refractivity contribution in [3.63, 3.8) is 0 Å². The summed E-state index contributed by atoms with van der Waals surface area (Å²) >= 11 is 5.80. The predicted molar refractivity (Wildman–Crippen MR) is 73.5 cm³/mol. The molecule has 0 aromatic heterocycles. The molecular formula is C13H15ClFN3O2. The van der Waals surface area contributed by atoms with E-state index in [1.165, 1.54) is 17.0 Å². The van der Waals surface area contributed by atoms with Crippen molar-refractivity contribution < 1.29 is 14.4 Å². The fourth-order valence-corrected chi connectivity index (χ4v) is 2.54. The molecule has 7 heteroatoms.